The van der Waals surface area contributed by atoms with E-state index in [9.17, 15) is 22.2 Å². The average molecular weight is 491 g/mol. The van der Waals surface area contributed by atoms with E-state index in [1.807, 2.05) is 0 Å². The second kappa shape index (κ2) is 8.12. The Balaban J connectivity index is 1.36. The molecular weight excluding hydrogens is 471 g/mol. The highest BCUT2D eigenvalue weighted by atomic mass is 32.2. The number of hydrogen-bond acceptors (Lipinski definition) is 6. The van der Waals surface area contributed by atoms with Crippen LogP contribution in [0.4, 0.5) is 23.7 Å². The van der Waals surface area contributed by atoms with Crippen molar-refractivity contribution in [2.24, 2.45) is 5.41 Å². The van der Waals surface area contributed by atoms with Gasteiger partial charge >= 0.3 is 12.5 Å². The Morgan fingerprint density at radius 3 is 2.47 bits per heavy atom. The number of para-hydroxylation sites is 1. The summed E-state index contributed by atoms with van der Waals surface area (Å²) in [6.45, 7) is 0.756. The molecule has 0 saturated carbocycles. The van der Waals surface area contributed by atoms with Crippen molar-refractivity contribution in [3.63, 3.8) is 0 Å². The number of alkyl halides is 2. The van der Waals surface area contributed by atoms with E-state index in [1.165, 1.54) is 17.0 Å². The first kappa shape index (κ1) is 22.4. The standard InChI is InChI=1S/C22H20F3N5O3S/c23-17-8-14(19-27-28-20(33-19)18(24)25)6-7-15(17)9-30(16-4-2-1-3-5-16)21(31)29-10-22(11-29)12-34(26,32)13-22/h1-8,18,26H,9-13H2. The molecule has 0 aliphatic carbocycles. The van der Waals surface area contributed by atoms with Gasteiger partial charge in [0.1, 0.15) is 5.82 Å². The molecule has 1 aromatic heterocycles. The van der Waals surface area contributed by atoms with Crippen molar-refractivity contribution in [3.05, 3.63) is 65.8 Å². The smallest absolute Gasteiger partial charge is 0.324 e. The first-order chi connectivity index (χ1) is 16.1. The number of rotatable bonds is 5. The Kier molecular flexibility index (Phi) is 5.34. The summed E-state index contributed by atoms with van der Waals surface area (Å²) in [6.07, 6.45) is -2.93. The number of aromatic nitrogens is 2. The van der Waals surface area contributed by atoms with Crippen molar-refractivity contribution in [2.75, 3.05) is 29.5 Å². The maximum Gasteiger partial charge on any atom is 0.324 e. The van der Waals surface area contributed by atoms with E-state index in [0.29, 0.717) is 30.3 Å². The number of urea groups is 1. The predicted octanol–water partition coefficient (Wildman–Crippen LogP) is 4.30. The van der Waals surface area contributed by atoms with Gasteiger partial charge in [-0.05, 0) is 24.3 Å². The number of likely N-dealkylation sites (tertiary alicyclic amines) is 1. The lowest BCUT2D eigenvalue weighted by atomic mass is 9.83. The van der Waals surface area contributed by atoms with E-state index in [0.717, 1.165) is 6.07 Å². The number of hydrogen-bond donors (Lipinski definition) is 1. The second-order valence-electron chi connectivity index (χ2n) is 8.71. The molecule has 0 bridgehead atoms. The Morgan fingerprint density at radius 1 is 1.18 bits per heavy atom. The second-order valence-corrected chi connectivity index (χ2v) is 10.9. The van der Waals surface area contributed by atoms with Crippen LogP contribution in [0, 0.1) is 16.0 Å². The molecule has 1 N–H and O–H groups in total. The van der Waals surface area contributed by atoms with E-state index in [2.05, 4.69) is 10.2 Å². The minimum atomic E-state index is -2.93. The average Bonchev–Trinajstić information content (AvgIpc) is 3.25. The zero-order valence-corrected chi connectivity index (χ0v) is 18.6. The molecular formula is C22H20F3N5O3S. The molecule has 5 rings (SSSR count). The number of carbonyl (C=O) groups excluding carboxylic acids is 1. The van der Waals surface area contributed by atoms with E-state index in [-0.39, 0.29) is 35.0 Å². The molecule has 2 aliphatic rings. The van der Waals surface area contributed by atoms with Crippen LogP contribution in [0.3, 0.4) is 0 Å². The molecule has 178 valence electrons. The summed E-state index contributed by atoms with van der Waals surface area (Å²) in [4.78, 5) is 16.3. The quantitative estimate of drug-likeness (QED) is 0.573. The monoisotopic (exact) mass is 491 g/mol. The van der Waals surface area contributed by atoms with Gasteiger partial charge in [0, 0.05) is 56.6 Å². The van der Waals surface area contributed by atoms with Crippen LogP contribution in [0.5, 0.6) is 0 Å². The maximum atomic E-state index is 15.0. The maximum absolute atomic E-state index is 15.0. The fraction of sp³-hybridized carbons (Fsp3) is 0.318. The summed E-state index contributed by atoms with van der Waals surface area (Å²) < 4.78 is 64.7. The molecule has 34 heavy (non-hydrogen) atoms. The SMILES string of the molecule is N=S1(=O)CC2(CN(C(=O)N(Cc3ccc(-c4nnc(C(F)F)o4)cc3F)c3ccccc3)C2)C1. The van der Waals surface area contributed by atoms with E-state index >= 15 is 0 Å². The Bertz CT molecular complexity index is 1330. The van der Waals surface area contributed by atoms with Gasteiger partial charge in [0.2, 0.25) is 5.89 Å². The number of amides is 2. The molecule has 2 amide bonds. The van der Waals surface area contributed by atoms with Gasteiger partial charge in [-0.1, -0.05) is 24.3 Å². The minimum absolute atomic E-state index is 0.0697. The third-order valence-corrected chi connectivity index (χ3v) is 8.11. The van der Waals surface area contributed by atoms with Crippen LogP contribution >= 0.6 is 0 Å². The summed E-state index contributed by atoms with van der Waals surface area (Å²) in [5.41, 5.74) is 0.688. The van der Waals surface area contributed by atoms with Crippen LogP contribution in [0.25, 0.3) is 11.5 Å². The van der Waals surface area contributed by atoms with Gasteiger partial charge in [0.15, 0.2) is 0 Å². The molecule has 8 nitrogen and oxygen atoms in total. The normalized spacial score (nSPS) is 17.9. The lowest BCUT2D eigenvalue weighted by molar-refractivity contribution is 0.0600. The van der Waals surface area contributed by atoms with Gasteiger partial charge in [-0.3, -0.25) is 9.68 Å². The lowest BCUT2D eigenvalue weighted by Crippen LogP contribution is -2.70. The molecule has 2 saturated heterocycles. The van der Waals surface area contributed by atoms with Crippen molar-refractivity contribution in [3.8, 4) is 11.5 Å². The number of anilines is 1. The molecule has 0 unspecified atom stereocenters. The van der Waals surface area contributed by atoms with Crippen LogP contribution in [0.15, 0.2) is 52.9 Å². The summed E-state index contributed by atoms with van der Waals surface area (Å²) in [5, 5.41) is 6.77. The van der Waals surface area contributed by atoms with Gasteiger partial charge in [0.25, 0.3) is 5.89 Å². The predicted molar refractivity (Wildman–Crippen MR) is 117 cm³/mol. The highest BCUT2D eigenvalue weighted by molar-refractivity contribution is 7.93. The van der Waals surface area contributed by atoms with Gasteiger partial charge in [0.05, 0.1) is 6.54 Å². The van der Waals surface area contributed by atoms with Gasteiger partial charge < -0.3 is 9.32 Å². The number of nitrogens with one attached hydrogen (secondary N) is 1. The van der Waals surface area contributed by atoms with E-state index in [4.69, 9.17) is 9.20 Å². The van der Waals surface area contributed by atoms with Crippen molar-refractivity contribution in [1.29, 1.82) is 4.78 Å². The molecule has 3 heterocycles. The third-order valence-electron chi connectivity index (χ3n) is 5.96. The van der Waals surface area contributed by atoms with Crippen LogP contribution < -0.4 is 4.90 Å². The number of benzene rings is 2. The van der Waals surface area contributed by atoms with Crippen LogP contribution in [-0.2, 0) is 16.3 Å². The van der Waals surface area contributed by atoms with E-state index < -0.39 is 27.9 Å². The molecule has 2 aliphatic heterocycles. The minimum Gasteiger partial charge on any atom is -0.415 e. The van der Waals surface area contributed by atoms with Crippen LogP contribution in [0.2, 0.25) is 0 Å². The van der Waals surface area contributed by atoms with Gasteiger partial charge in [-0.15, -0.1) is 10.2 Å². The number of carbonyl (C=O) groups is 1. The molecule has 0 atom stereocenters. The first-order valence-electron chi connectivity index (χ1n) is 10.4. The van der Waals surface area contributed by atoms with Crippen molar-refractivity contribution < 1.29 is 26.6 Å². The molecule has 2 aromatic carbocycles. The Labute approximate surface area is 193 Å². The molecule has 1 spiro atoms. The number of halogens is 3. The zero-order chi connectivity index (χ0) is 24.1. The summed E-state index contributed by atoms with van der Waals surface area (Å²) in [6, 6.07) is 12.5. The fourth-order valence-electron chi connectivity index (χ4n) is 4.49. The first-order valence-corrected chi connectivity index (χ1v) is 12.3. The zero-order valence-electron chi connectivity index (χ0n) is 17.8. The summed E-state index contributed by atoms with van der Waals surface area (Å²) in [5.74, 6) is -1.13. The number of nitrogens with zero attached hydrogens (tertiary/aromatic N) is 4. The molecule has 3 aromatic rings. The van der Waals surface area contributed by atoms with Crippen LogP contribution in [0.1, 0.15) is 17.9 Å². The fourth-order valence-corrected chi connectivity index (χ4v) is 6.75. The highest BCUT2D eigenvalue weighted by Gasteiger charge is 2.55. The van der Waals surface area contributed by atoms with E-state index in [1.54, 1.807) is 35.2 Å². The van der Waals surface area contributed by atoms with Gasteiger partial charge in [-0.2, -0.15) is 8.78 Å². The Hall–Kier alpha value is -3.41. The van der Waals surface area contributed by atoms with Crippen molar-refractivity contribution >= 4 is 21.4 Å². The van der Waals surface area contributed by atoms with Crippen molar-refractivity contribution in [1.82, 2.24) is 15.1 Å². The topological polar surface area (TPSA) is 103 Å². The largest absolute Gasteiger partial charge is 0.415 e. The van der Waals surface area contributed by atoms with Gasteiger partial charge in [-0.25, -0.2) is 13.4 Å². The lowest BCUT2D eigenvalue weighted by Gasteiger charge is -2.56. The highest BCUT2D eigenvalue weighted by Crippen LogP contribution is 2.42. The third kappa shape index (κ3) is 4.13. The molecule has 2 fully saturated rings. The molecule has 0 radical (unpaired) electrons. The molecule has 12 heteroatoms. The Morgan fingerprint density at radius 2 is 1.88 bits per heavy atom. The van der Waals surface area contributed by atoms with Crippen LogP contribution in [-0.4, -0.2) is 49.9 Å². The van der Waals surface area contributed by atoms with Crippen molar-refractivity contribution in [2.45, 2.75) is 13.0 Å². The summed E-state index contributed by atoms with van der Waals surface area (Å²) >= 11 is 0. The summed E-state index contributed by atoms with van der Waals surface area (Å²) in [7, 11) is -2.52.